The maximum absolute atomic E-state index is 12.1. The van der Waals surface area contributed by atoms with Gasteiger partial charge in [-0.15, -0.1) is 0 Å². The lowest BCUT2D eigenvalue weighted by Gasteiger charge is -2.36. The highest BCUT2D eigenvalue weighted by molar-refractivity contribution is 7.92. The van der Waals surface area contributed by atoms with E-state index in [1.165, 1.54) is 0 Å². The summed E-state index contributed by atoms with van der Waals surface area (Å²) in [6, 6.07) is 0. The number of carbonyl (C=O) groups is 1. The molecule has 0 aromatic rings. The standard InChI is InChI=1S/C11H18O6S/c12-10(13)2-6-18(14,15)9-1-4-17-11(7-9)3-5-16-8-11/h9H,1-8H2,(H,12,13). The molecule has 1 spiro atoms. The van der Waals surface area contributed by atoms with Gasteiger partial charge in [-0.2, -0.15) is 0 Å². The van der Waals surface area contributed by atoms with Gasteiger partial charge in [0.15, 0.2) is 9.84 Å². The van der Waals surface area contributed by atoms with Crippen LogP contribution in [0.1, 0.15) is 25.7 Å². The summed E-state index contributed by atoms with van der Waals surface area (Å²) in [4.78, 5) is 10.5. The van der Waals surface area contributed by atoms with Crippen molar-refractivity contribution in [2.45, 2.75) is 36.5 Å². The van der Waals surface area contributed by atoms with Crippen molar-refractivity contribution < 1.29 is 27.8 Å². The summed E-state index contributed by atoms with van der Waals surface area (Å²) >= 11 is 0. The van der Waals surface area contributed by atoms with Crippen LogP contribution in [0.4, 0.5) is 0 Å². The van der Waals surface area contributed by atoms with Gasteiger partial charge in [0, 0.05) is 19.6 Å². The molecule has 6 nitrogen and oxygen atoms in total. The second-order valence-corrected chi connectivity index (χ2v) is 7.36. The first kappa shape index (κ1) is 13.8. The van der Waals surface area contributed by atoms with E-state index in [1.807, 2.05) is 0 Å². The van der Waals surface area contributed by atoms with Gasteiger partial charge < -0.3 is 14.6 Å². The normalized spacial score (nSPS) is 32.8. The Labute approximate surface area is 106 Å². The van der Waals surface area contributed by atoms with Crippen LogP contribution in [-0.4, -0.2) is 55.9 Å². The number of rotatable bonds is 4. The predicted molar refractivity (Wildman–Crippen MR) is 63.2 cm³/mol. The van der Waals surface area contributed by atoms with Crippen LogP contribution in [0.2, 0.25) is 0 Å². The minimum absolute atomic E-state index is 0.288. The molecule has 0 bridgehead atoms. The van der Waals surface area contributed by atoms with Crippen LogP contribution in [-0.2, 0) is 24.1 Å². The van der Waals surface area contributed by atoms with Gasteiger partial charge in [-0.25, -0.2) is 8.42 Å². The van der Waals surface area contributed by atoms with Gasteiger partial charge in [0.2, 0.25) is 0 Å². The first-order valence-corrected chi connectivity index (χ1v) is 7.80. The van der Waals surface area contributed by atoms with Gasteiger partial charge >= 0.3 is 5.97 Å². The molecule has 2 atom stereocenters. The second kappa shape index (κ2) is 5.14. The molecule has 2 aliphatic rings. The van der Waals surface area contributed by atoms with Crippen molar-refractivity contribution in [3.05, 3.63) is 0 Å². The summed E-state index contributed by atoms with van der Waals surface area (Å²) < 4.78 is 35.1. The van der Waals surface area contributed by atoms with Crippen LogP contribution in [0.25, 0.3) is 0 Å². The molecule has 2 fully saturated rings. The fraction of sp³-hybridized carbons (Fsp3) is 0.909. The van der Waals surface area contributed by atoms with Crippen molar-refractivity contribution in [3.8, 4) is 0 Å². The van der Waals surface area contributed by atoms with E-state index < -0.39 is 26.7 Å². The van der Waals surface area contributed by atoms with E-state index in [-0.39, 0.29) is 12.2 Å². The zero-order chi connectivity index (χ0) is 13.2. The zero-order valence-corrected chi connectivity index (χ0v) is 10.9. The van der Waals surface area contributed by atoms with Gasteiger partial charge in [-0.1, -0.05) is 0 Å². The molecule has 0 aromatic carbocycles. The Morgan fingerprint density at radius 2 is 2.17 bits per heavy atom. The largest absolute Gasteiger partial charge is 0.481 e. The minimum atomic E-state index is -3.36. The number of hydrogen-bond donors (Lipinski definition) is 1. The Morgan fingerprint density at radius 1 is 1.39 bits per heavy atom. The molecule has 0 aromatic heterocycles. The molecular weight excluding hydrogens is 260 g/mol. The lowest BCUT2D eigenvalue weighted by atomic mass is 9.93. The number of aliphatic carboxylic acids is 1. The molecule has 2 unspecified atom stereocenters. The Balaban J connectivity index is 2.01. The van der Waals surface area contributed by atoms with E-state index in [9.17, 15) is 13.2 Å². The lowest BCUT2D eigenvalue weighted by molar-refractivity contribution is -0.136. The van der Waals surface area contributed by atoms with Crippen LogP contribution < -0.4 is 0 Å². The molecule has 2 aliphatic heterocycles. The summed E-state index contributed by atoms with van der Waals surface area (Å²) in [7, 11) is -3.36. The van der Waals surface area contributed by atoms with Gasteiger partial charge in [-0.3, -0.25) is 4.79 Å². The molecule has 2 saturated heterocycles. The van der Waals surface area contributed by atoms with E-state index >= 15 is 0 Å². The molecule has 0 saturated carbocycles. The van der Waals surface area contributed by atoms with Crippen LogP contribution in [0.15, 0.2) is 0 Å². The number of ether oxygens (including phenoxy) is 2. The zero-order valence-electron chi connectivity index (χ0n) is 10.1. The van der Waals surface area contributed by atoms with E-state index in [4.69, 9.17) is 14.6 Å². The maximum Gasteiger partial charge on any atom is 0.304 e. The quantitative estimate of drug-likeness (QED) is 0.791. The topological polar surface area (TPSA) is 89.9 Å². The average Bonchev–Trinajstić information content (AvgIpc) is 2.75. The maximum atomic E-state index is 12.1. The van der Waals surface area contributed by atoms with Crippen LogP contribution in [0.3, 0.4) is 0 Å². The molecule has 0 radical (unpaired) electrons. The van der Waals surface area contributed by atoms with E-state index in [0.717, 1.165) is 6.42 Å². The third-order valence-electron chi connectivity index (χ3n) is 3.62. The minimum Gasteiger partial charge on any atom is -0.481 e. The van der Waals surface area contributed by atoms with Gasteiger partial charge in [0.05, 0.1) is 29.6 Å². The first-order valence-electron chi connectivity index (χ1n) is 6.09. The van der Waals surface area contributed by atoms with E-state index in [0.29, 0.717) is 32.7 Å². The Hall–Kier alpha value is -0.660. The Kier molecular flexibility index (Phi) is 3.93. The molecule has 7 heteroatoms. The van der Waals surface area contributed by atoms with Gasteiger partial charge in [-0.05, 0) is 12.8 Å². The highest BCUT2D eigenvalue weighted by Crippen LogP contribution is 2.35. The number of hydrogen-bond acceptors (Lipinski definition) is 5. The molecule has 0 aliphatic carbocycles. The molecule has 1 N–H and O–H groups in total. The second-order valence-electron chi connectivity index (χ2n) is 4.96. The predicted octanol–water partition coefficient (Wildman–Crippen LogP) is 0.214. The smallest absolute Gasteiger partial charge is 0.304 e. The Bertz CT molecular complexity index is 409. The van der Waals surface area contributed by atoms with E-state index in [2.05, 4.69) is 0 Å². The fourth-order valence-corrected chi connectivity index (χ4v) is 4.35. The molecular formula is C11H18O6S. The first-order chi connectivity index (χ1) is 8.44. The molecule has 2 heterocycles. The van der Waals surface area contributed by atoms with Crippen LogP contribution in [0, 0.1) is 0 Å². The third-order valence-corrected chi connectivity index (χ3v) is 5.81. The van der Waals surface area contributed by atoms with Gasteiger partial charge in [0.1, 0.15) is 0 Å². The van der Waals surface area contributed by atoms with Crippen LogP contribution in [0.5, 0.6) is 0 Å². The molecule has 18 heavy (non-hydrogen) atoms. The van der Waals surface area contributed by atoms with Crippen molar-refractivity contribution in [3.63, 3.8) is 0 Å². The summed E-state index contributed by atoms with van der Waals surface area (Å²) in [5.74, 6) is -1.37. The summed E-state index contributed by atoms with van der Waals surface area (Å²) in [6.45, 7) is 1.44. The SMILES string of the molecule is O=C(O)CCS(=O)(=O)C1CCOC2(CCOC2)C1. The van der Waals surface area contributed by atoms with Gasteiger partial charge in [0.25, 0.3) is 0 Å². The average molecular weight is 278 g/mol. The fourth-order valence-electron chi connectivity index (χ4n) is 2.55. The third kappa shape index (κ3) is 3.02. The van der Waals surface area contributed by atoms with Crippen molar-refractivity contribution in [2.24, 2.45) is 0 Å². The number of carboxylic acids is 1. The highest BCUT2D eigenvalue weighted by atomic mass is 32.2. The highest BCUT2D eigenvalue weighted by Gasteiger charge is 2.44. The Morgan fingerprint density at radius 3 is 2.78 bits per heavy atom. The number of carboxylic acid groups (broad SMARTS) is 1. The van der Waals surface area contributed by atoms with Crippen molar-refractivity contribution in [1.29, 1.82) is 0 Å². The summed E-state index contributed by atoms with van der Waals surface area (Å²) in [5.41, 5.74) is -0.459. The van der Waals surface area contributed by atoms with Crippen molar-refractivity contribution in [2.75, 3.05) is 25.6 Å². The number of sulfone groups is 1. The van der Waals surface area contributed by atoms with Crippen molar-refractivity contribution in [1.82, 2.24) is 0 Å². The monoisotopic (exact) mass is 278 g/mol. The molecule has 2 rings (SSSR count). The molecule has 104 valence electrons. The molecule has 0 amide bonds. The van der Waals surface area contributed by atoms with Crippen molar-refractivity contribution >= 4 is 15.8 Å². The summed E-state index contributed by atoms with van der Waals surface area (Å²) in [5, 5.41) is 8.08. The van der Waals surface area contributed by atoms with Crippen LogP contribution >= 0.6 is 0 Å². The van der Waals surface area contributed by atoms with E-state index in [1.54, 1.807) is 0 Å². The summed E-state index contributed by atoms with van der Waals surface area (Å²) in [6.07, 6.45) is 1.26. The lowest BCUT2D eigenvalue weighted by Crippen LogP contribution is -2.45.